The summed E-state index contributed by atoms with van der Waals surface area (Å²) in [5, 5.41) is 18.2. The van der Waals surface area contributed by atoms with Gasteiger partial charge in [-0.15, -0.1) is 0 Å². The Morgan fingerprint density at radius 2 is 2.24 bits per heavy atom. The van der Waals surface area contributed by atoms with Crippen molar-refractivity contribution in [1.82, 2.24) is 9.71 Å². The zero-order valence-corrected chi connectivity index (χ0v) is 9.99. The van der Waals surface area contributed by atoms with Gasteiger partial charge in [0.2, 0.25) is 10.0 Å². The van der Waals surface area contributed by atoms with Crippen LogP contribution >= 0.6 is 0 Å². The number of aromatic amines is 1. The average molecular weight is 262 g/mol. The van der Waals surface area contributed by atoms with E-state index in [9.17, 15) is 18.3 Å². The highest BCUT2D eigenvalue weighted by molar-refractivity contribution is 7.89. The van der Waals surface area contributed by atoms with Gasteiger partial charge in [-0.05, 0) is 13.0 Å². The normalized spacial score (nSPS) is 15.4. The lowest BCUT2D eigenvalue weighted by molar-refractivity contribution is -0.141. The van der Waals surface area contributed by atoms with Crippen LogP contribution in [-0.4, -0.2) is 41.7 Å². The number of hydrogen-bond donors (Lipinski definition) is 4. The second kappa shape index (κ2) is 4.86. The van der Waals surface area contributed by atoms with Gasteiger partial charge in [-0.3, -0.25) is 4.79 Å². The van der Waals surface area contributed by atoms with Crippen molar-refractivity contribution < 1.29 is 23.4 Å². The molecule has 1 aromatic heterocycles. The first-order valence-corrected chi connectivity index (χ1v) is 6.28. The van der Waals surface area contributed by atoms with Crippen molar-refractivity contribution in [2.24, 2.45) is 0 Å². The number of aliphatic hydroxyl groups is 1. The molecular formula is C9H14N2O5S. The lowest BCUT2D eigenvalue weighted by Gasteiger charge is -2.21. The number of carbonyl (C=O) groups is 1. The van der Waals surface area contributed by atoms with E-state index in [0.29, 0.717) is 0 Å². The highest BCUT2D eigenvalue weighted by atomic mass is 32.2. The van der Waals surface area contributed by atoms with Gasteiger partial charge in [-0.1, -0.05) is 0 Å². The van der Waals surface area contributed by atoms with Gasteiger partial charge in [-0.25, -0.2) is 13.1 Å². The van der Waals surface area contributed by atoms with E-state index in [-0.39, 0.29) is 11.4 Å². The fourth-order valence-corrected chi connectivity index (χ4v) is 2.34. The molecule has 17 heavy (non-hydrogen) atoms. The summed E-state index contributed by atoms with van der Waals surface area (Å²) >= 11 is 0. The number of H-pyrrole nitrogens is 1. The second-order valence-electron chi connectivity index (χ2n) is 3.94. The molecule has 0 spiro atoms. The Bertz CT molecular complexity index is 477. The Morgan fingerprint density at radius 1 is 1.59 bits per heavy atom. The first-order valence-electron chi connectivity index (χ1n) is 4.80. The van der Waals surface area contributed by atoms with Crippen LogP contribution in [0.25, 0.3) is 0 Å². The molecule has 0 radical (unpaired) electrons. The maximum absolute atomic E-state index is 11.6. The van der Waals surface area contributed by atoms with Gasteiger partial charge in [0, 0.05) is 18.9 Å². The third kappa shape index (κ3) is 4.17. The standard InChI is InChI=1S/C9H14N2O5S/c1-9(14,4-8(12)13)6-11-17(15,16)7-2-3-10-5-7/h2-3,5,10-11,14H,4,6H2,1H3,(H,12,13). The van der Waals surface area contributed by atoms with E-state index >= 15 is 0 Å². The van der Waals surface area contributed by atoms with Crippen LogP contribution in [0.5, 0.6) is 0 Å². The smallest absolute Gasteiger partial charge is 0.306 e. The van der Waals surface area contributed by atoms with Crippen molar-refractivity contribution in [2.45, 2.75) is 23.8 Å². The topological polar surface area (TPSA) is 119 Å². The Morgan fingerprint density at radius 3 is 2.71 bits per heavy atom. The molecule has 0 aliphatic carbocycles. The summed E-state index contributed by atoms with van der Waals surface area (Å²) in [6.45, 7) is 0.883. The number of hydrogen-bond acceptors (Lipinski definition) is 4. The molecule has 0 aliphatic rings. The van der Waals surface area contributed by atoms with Crippen LogP contribution in [0.2, 0.25) is 0 Å². The summed E-state index contributed by atoms with van der Waals surface area (Å²) in [5.41, 5.74) is -1.63. The molecule has 0 fully saturated rings. The van der Waals surface area contributed by atoms with Crippen LogP contribution < -0.4 is 4.72 Å². The highest BCUT2D eigenvalue weighted by Gasteiger charge is 2.27. The van der Waals surface area contributed by atoms with Crippen LogP contribution in [0.15, 0.2) is 23.4 Å². The lowest BCUT2D eigenvalue weighted by Crippen LogP contribution is -2.41. The van der Waals surface area contributed by atoms with Crippen molar-refractivity contribution in [2.75, 3.05) is 6.54 Å². The third-order valence-corrected chi connectivity index (χ3v) is 3.45. The van der Waals surface area contributed by atoms with Crippen molar-refractivity contribution in [3.63, 3.8) is 0 Å². The van der Waals surface area contributed by atoms with E-state index in [2.05, 4.69) is 9.71 Å². The predicted molar refractivity (Wildman–Crippen MR) is 58.9 cm³/mol. The van der Waals surface area contributed by atoms with Gasteiger partial charge in [-0.2, -0.15) is 0 Å². The van der Waals surface area contributed by atoms with E-state index in [1.54, 1.807) is 0 Å². The number of nitrogens with one attached hydrogen (secondary N) is 2. The monoisotopic (exact) mass is 262 g/mol. The summed E-state index contributed by atoms with van der Waals surface area (Å²) in [6.07, 6.45) is 2.20. The molecule has 1 atom stereocenters. The summed E-state index contributed by atoms with van der Waals surface area (Å²) in [4.78, 5) is 13.0. The summed E-state index contributed by atoms with van der Waals surface area (Å²) in [7, 11) is -3.72. The Labute approximate surface area is 98.5 Å². The van der Waals surface area contributed by atoms with Gasteiger partial charge in [0.05, 0.1) is 16.9 Å². The number of carboxylic acid groups (broad SMARTS) is 1. The molecular weight excluding hydrogens is 248 g/mol. The van der Waals surface area contributed by atoms with E-state index < -0.39 is 28.0 Å². The number of sulfonamides is 1. The van der Waals surface area contributed by atoms with E-state index in [1.165, 1.54) is 25.4 Å². The molecule has 0 bridgehead atoms. The zero-order chi connectivity index (χ0) is 13.1. The third-order valence-electron chi connectivity index (χ3n) is 2.05. The van der Waals surface area contributed by atoms with Crippen molar-refractivity contribution in [3.05, 3.63) is 18.5 Å². The number of rotatable bonds is 6. The number of aromatic nitrogens is 1. The summed E-state index contributed by atoms with van der Waals surface area (Å²) in [5.74, 6) is -1.20. The highest BCUT2D eigenvalue weighted by Crippen LogP contribution is 2.11. The number of carboxylic acids is 1. The predicted octanol–water partition coefficient (Wildman–Crippen LogP) is -0.481. The number of aliphatic carboxylic acids is 1. The molecule has 7 nitrogen and oxygen atoms in total. The zero-order valence-electron chi connectivity index (χ0n) is 9.17. The van der Waals surface area contributed by atoms with Crippen LogP contribution in [0.1, 0.15) is 13.3 Å². The average Bonchev–Trinajstić information content (AvgIpc) is 2.66. The first-order chi connectivity index (χ1) is 7.73. The molecule has 0 aliphatic heterocycles. The quantitative estimate of drug-likeness (QED) is 0.552. The van der Waals surface area contributed by atoms with E-state index in [1.807, 2.05) is 0 Å². The Kier molecular flexibility index (Phi) is 3.91. The van der Waals surface area contributed by atoms with Crippen LogP contribution in [0.3, 0.4) is 0 Å². The molecule has 0 amide bonds. The largest absolute Gasteiger partial charge is 0.481 e. The summed E-state index contributed by atoms with van der Waals surface area (Å²) < 4.78 is 25.4. The maximum atomic E-state index is 11.6. The fraction of sp³-hybridized carbons (Fsp3) is 0.444. The molecule has 1 rings (SSSR count). The summed E-state index contributed by atoms with van der Waals surface area (Å²) in [6, 6.07) is 1.36. The molecule has 1 unspecified atom stereocenters. The van der Waals surface area contributed by atoms with E-state index in [4.69, 9.17) is 5.11 Å². The molecule has 4 N–H and O–H groups in total. The van der Waals surface area contributed by atoms with Gasteiger partial charge in [0.15, 0.2) is 0 Å². The van der Waals surface area contributed by atoms with Crippen molar-refractivity contribution in [1.29, 1.82) is 0 Å². The fourth-order valence-electron chi connectivity index (χ4n) is 1.20. The minimum absolute atomic E-state index is 0.0311. The Hall–Kier alpha value is -1.38. The molecule has 1 heterocycles. The SMILES string of the molecule is CC(O)(CNS(=O)(=O)c1cc[nH]c1)CC(=O)O. The Balaban J connectivity index is 2.65. The lowest BCUT2D eigenvalue weighted by atomic mass is 10.0. The maximum Gasteiger partial charge on any atom is 0.306 e. The van der Waals surface area contributed by atoms with Crippen molar-refractivity contribution in [3.8, 4) is 0 Å². The minimum Gasteiger partial charge on any atom is -0.481 e. The minimum atomic E-state index is -3.72. The van der Waals surface area contributed by atoms with Crippen molar-refractivity contribution >= 4 is 16.0 Å². The molecule has 0 aromatic carbocycles. The van der Waals surface area contributed by atoms with Gasteiger partial charge in [0.1, 0.15) is 0 Å². The molecule has 0 saturated heterocycles. The first kappa shape index (κ1) is 13.7. The second-order valence-corrected chi connectivity index (χ2v) is 5.71. The van der Waals surface area contributed by atoms with Gasteiger partial charge in [0.25, 0.3) is 0 Å². The van der Waals surface area contributed by atoms with Crippen LogP contribution in [0, 0.1) is 0 Å². The van der Waals surface area contributed by atoms with Crippen LogP contribution in [-0.2, 0) is 14.8 Å². The molecule has 0 saturated carbocycles. The molecule has 8 heteroatoms. The molecule has 96 valence electrons. The van der Waals surface area contributed by atoms with Gasteiger partial charge < -0.3 is 15.2 Å². The van der Waals surface area contributed by atoms with Crippen LogP contribution in [0.4, 0.5) is 0 Å². The van der Waals surface area contributed by atoms with Gasteiger partial charge >= 0.3 is 5.97 Å². The molecule has 1 aromatic rings. The van der Waals surface area contributed by atoms with E-state index in [0.717, 1.165) is 0 Å².